The number of likely N-dealkylation sites (tertiary alicyclic amines) is 1. The first kappa shape index (κ1) is 9.19. The molecule has 0 atom stereocenters. The Hall–Kier alpha value is -0.900. The number of piperidine rings is 1. The quantitative estimate of drug-likeness (QED) is 0.609. The fourth-order valence-electron chi connectivity index (χ4n) is 1.29. The summed E-state index contributed by atoms with van der Waals surface area (Å²) in [6.07, 6.45) is 1.42. The van der Waals surface area contributed by atoms with E-state index in [1.807, 2.05) is 0 Å². The van der Waals surface area contributed by atoms with Gasteiger partial charge in [0.1, 0.15) is 5.78 Å². The molecular formula is C8H14N2O2. The van der Waals surface area contributed by atoms with Gasteiger partial charge in [0.2, 0.25) is 5.91 Å². The predicted molar refractivity (Wildman–Crippen MR) is 44.5 cm³/mol. The molecule has 1 fully saturated rings. The fraction of sp³-hybridized carbons (Fsp3) is 0.750. The summed E-state index contributed by atoms with van der Waals surface area (Å²) in [5, 5.41) is 0. The lowest BCUT2D eigenvalue weighted by atomic mass is 10.1. The van der Waals surface area contributed by atoms with E-state index in [2.05, 4.69) is 0 Å². The fourth-order valence-corrected chi connectivity index (χ4v) is 1.29. The van der Waals surface area contributed by atoms with Crippen LogP contribution in [0.15, 0.2) is 0 Å². The third-order valence-electron chi connectivity index (χ3n) is 2.03. The topological polar surface area (TPSA) is 63.4 Å². The van der Waals surface area contributed by atoms with Crippen molar-refractivity contribution in [1.82, 2.24) is 4.90 Å². The van der Waals surface area contributed by atoms with Gasteiger partial charge in [0.05, 0.1) is 0 Å². The Balaban J connectivity index is 2.33. The second-order valence-corrected chi connectivity index (χ2v) is 2.96. The highest BCUT2D eigenvalue weighted by Gasteiger charge is 2.19. The molecule has 0 aromatic heterocycles. The third-order valence-corrected chi connectivity index (χ3v) is 2.03. The summed E-state index contributed by atoms with van der Waals surface area (Å²) in [5.41, 5.74) is 5.25. The van der Waals surface area contributed by atoms with E-state index in [0.717, 1.165) is 0 Å². The summed E-state index contributed by atoms with van der Waals surface area (Å²) in [4.78, 5) is 23.8. The number of hydrogen-bond acceptors (Lipinski definition) is 3. The first-order valence-corrected chi connectivity index (χ1v) is 4.23. The molecule has 0 bridgehead atoms. The van der Waals surface area contributed by atoms with Crippen LogP contribution in [0.25, 0.3) is 0 Å². The molecule has 1 rings (SSSR count). The monoisotopic (exact) mass is 170 g/mol. The Morgan fingerprint density at radius 3 is 2.50 bits per heavy atom. The van der Waals surface area contributed by atoms with Crippen LogP contribution in [-0.4, -0.2) is 36.2 Å². The van der Waals surface area contributed by atoms with Crippen molar-refractivity contribution in [3.63, 3.8) is 0 Å². The minimum Gasteiger partial charge on any atom is -0.342 e. The molecule has 0 unspecified atom stereocenters. The van der Waals surface area contributed by atoms with Crippen molar-refractivity contribution >= 4 is 11.7 Å². The van der Waals surface area contributed by atoms with Gasteiger partial charge in [-0.25, -0.2) is 0 Å². The van der Waals surface area contributed by atoms with Gasteiger partial charge >= 0.3 is 0 Å². The number of carbonyl (C=O) groups is 2. The van der Waals surface area contributed by atoms with Crippen molar-refractivity contribution in [3.8, 4) is 0 Å². The number of amides is 1. The lowest BCUT2D eigenvalue weighted by molar-refractivity contribution is -0.134. The Bertz CT molecular complexity index is 181. The Kier molecular flexibility index (Phi) is 3.22. The molecule has 4 nitrogen and oxygen atoms in total. The van der Waals surface area contributed by atoms with Crippen LogP contribution in [0.3, 0.4) is 0 Å². The minimum atomic E-state index is 0.0741. The van der Waals surface area contributed by atoms with Gasteiger partial charge in [-0.2, -0.15) is 0 Å². The van der Waals surface area contributed by atoms with Crippen molar-refractivity contribution in [1.29, 1.82) is 0 Å². The standard InChI is InChI=1S/C8H14N2O2/c9-4-1-8(12)10-5-2-7(11)3-6-10/h1-6,9H2. The van der Waals surface area contributed by atoms with Gasteiger partial charge in [0.15, 0.2) is 0 Å². The van der Waals surface area contributed by atoms with Gasteiger partial charge in [0.25, 0.3) is 0 Å². The van der Waals surface area contributed by atoms with E-state index in [9.17, 15) is 9.59 Å². The molecule has 0 aromatic rings. The van der Waals surface area contributed by atoms with Gasteiger partial charge in [-0.15, -0.1) is 0 Å². The summed E-state index contributed by atoms with van der Waals surface area (Å²) >= 11 is 0. The van der Waals surface area contributed by atoms with E-state index in [-0.39, 0.29) is 11.7 Å². The minimum absolute atomic E-state index is 0.0741. The van der Waals surface area contributed by atoms with Crippen LogP contribution >= 0.6 is 0 Å². The molecule has 0 aliphatic carbocycles. The first-order chi connectivity index (χ1) is 5.74. The normalized spacial score (nSPS) is 18.1. The summed E-state index contributed by atoms with van der Waals surface area (Å²) in [6.45, 7) is 1.55. The van der Waals surface area contributed by atoms with Gasteiger partial charge in [-0.05, 0) is 0 Å². The van der Waals surface area contributed by atoms with Crippen LogP contribution in [0, 0.1) is 0 Å². The van der Waals surface area contributed by atoms with E-state index >= 15 is 0 Å². The first-order valence-electron chi connectivity index (χ1n) is 4.23. The number of nitrogens with two attached hydrogens (primary N) is 1. The molecule has 0 aromatic carbocycles. The van der Waals surface area contributed by atoms with Crippen LogP contribution in [0.1, 0.15) is 19.3 Å². The molecule has 4 heteroatoms. The Labute approximate surface area is 71.7 Å². The molecule has 1 aliphatic heterocycles. The molecule has 0 radical (unpaired) electrons. The van der Waals surface area contributed by atoms with Gasteiger partial charge in [0, 0.05) is 38.9 Å². The molecule has 1 heterocycles. The molecule has 12 heavy (non-hydrogen) atoms. The van der Waals surface area contributed by atoms with E-state index in [1.54, 1.807) is 4.90 Å². The van der Waals surface area contributed by atoms with Gasteiger partial charge in [-0.1, -0.05) is 0 Å². The van der Waals surface area contributed by atoms with Crippen molar-refractivity contribution in [3.05, 3.63) is 0 Å². The zero-order valence-electron chi connectivity index (χ0n) is 7.08. The van der Waals surface area contributed by atoms with Gasteiger partial charge in [-0.3, -0.25) is 9.59 Å². The maximum Gasteiger partial charge on any atom is 0.223 e. The number of carbonyl (C=O) groups excluding carboxylic acids is 2. The van der Waals surface area contributed by atoms with Crippen LogP contribution in [0.4, 0.5) is 0 Å². The van der Waals surface area contributed by atoms with Crippen LogP contribution < -0.4 is 5.73 Å². The highest BCUT2D eigenvalue weighted by atomic mass is 16.2. The zero-order chi connectivity index (χ0) is 8.97. The van der Waals surface area contributed by atoms with Crippen molar-refractivity contribution in [2.45, 2.75) is 19.3 Å². The van der Waals surface area contributed by atoms with E-state index in [1.165, 1.54) is 0 Å². The number of ketones is 1. The highest BCUT2D eigenvalue weighted by molar-refractivity contribution is 5.83. The lowest BCUT2D eigenvalue weighted by Crippen LogP contribution is -2.39. The molecule has 68 valence electrons. The van der Waals surface area contributed by atoms with E-state index < -0.39 is 0 Å². The number of rotatable bonds is 2. The summed E-state index contributed by atoms with van der Waals surface area (Å²) in [5.74, 6) is 0.330. The van der Waals surface area contributed by atoms with Crippen molar-refractivity contribution in [2.24, 2.45) is 5.73 Å². The average Bonchev–Trinajstić information content (AvgIpc) is 2.06. The Morgan fingerprint density at radius 2 is 2.00 bits per heavy atom. The van der Waals surface area contributed by atoms with E-state index in [4.69, 9.17) is 5.73 Å². The summed E-state index contributed by atoms with van der Waals surface area (Å²) < 4.78 is 0. The molecule has 0 saturated carbocycles. The molecular weight excluding hydrogens is 156 g/mol. The Morgan fingerprint density at radius 1 is 1.42 bits per heavy atom. The molecule has 1 amide bonds. The summed E-state index contributed by atoms with van der Waals surface area (Å²) in [7, 11) is 0. The molecule has 1 saturated heterocycles. The van der Waals surface area contributed by atoms with Gasteiger partial charge < -0.3 is 10.6 Å². The molecule has 0 spiro atoms. The maximum absolute atomic E-state index is 11.2. The SMILES string of the molecule is NCCC(=O)N1CCC(=O)CC1. The van der Waals surface area contributed by atoms with Crippen molar-refractivity contribution < 1.29 is 9.59 Å². The second-order valence-electron chi connectivity index (χ2n) is 2.96. The molecule has 2 N–H and O–H groups in total. The maximum atomic E-state index is 11.2. The summed E-state index contributed by atoms with van der Waals surface area (Å²) in [6, 6.07) is 0. The smallest absolute Gasteiger partial charge is 0.223 e. The van der Waals surface area contributed by atoms with Crippen LogP contribution in [0.2, 0.25) is 0 Å². The van der Waals surface area contributed by atoms with Crippen LogP contribution in [-0.2, 0) is 9.59 Å². The van der Waals surface area contributed by atoms with Crippen LogP contribution in [0.5, 0.6) is 0 Å². The number of Topliss-reactive ketones (excluding diaryl/α,β-unsaturated/α-hetero) is 1. The number of nitrogens with zero attached hydrogens (tertiary/aromatic N) is 1. The van der Waals surface area contributed by atoms with E-state index in [0.29, 0.717) is 38.9 Å². The highest BCUT2D eigenvalue weighted by Crippen LogP contribution is 2.06. The number of hydrogen-bond donors (Lipinski definition) is 1. The lowest BCUT2D eigenvalue weighted by Gasteiger charge is -2.25. The second kappa shape index (κ2) is 4.21. The third kappa shape index (κ3) is 2.30. The predicted octanol–water partition coefficient (Wildman–Crippen LogP) is -0.473. The average molecular weight is 170 g/mol. The largest absolute Gasteiger partial charge is 0.342 e. The van der Waals surface area contributed by atoms with Crippen molar-refractivity contribution in [2.75, 3.05) is 19.6 Å². The zero-order valence-corrected chi connectivity index (χ0v) is 7.08. The molecule has 1 aliphatic rings.